The minimum Gasteiger partial charge on any atom is -0.497 e. The lowest BCUT2D eigenvalue weighted by atomic mass is 10.0. The van der Waals surface area contributed by atoms with Gasteiger partial charge in [-0.1, -0.05) is 25.1 Å². The van der Waals surface area contributed by atoms with E-state index >= 15 is 0 Å². The van der Waals surface area contributed by atoms with E-state index < -0.39 is 0 Å². The van der Waals surface area contributed by atoms with Crippen LogP contribution < -0.4 is 10.6 Å². The molecule has 0 amide bonds. The second kappa shape index (κ2) is 4.87. The summed E-state index contributed by atoms with van der Waals surface area (Å²) in [6.07, 6.45) is 0.832. The molecule has 0 aliphatic heterocycles. The summed E-state index contributed by atoms with van der Waals surface area (Å²) in [5.41, 5.74) is 2.00. The molecule has 0 saturated heterocycles. The van der Waals surface area contributed by atoms with Gasteiger partial charge in [-0.2, -0.15) is 5.10 Å². The first-order valence-corrected chi connectivity index (χ1v) is 5.63. The summed E-state index contributed by atoms with van der Waals surface area (Å²) in [5, 5.41) is 6.13. The summed E-state index contributed by atoms with van der Waals surface area (Å²) >= 11 is 0. The molecule has 17 heavy (non-hydrogen) atoms. The fourth-order valence-corrected chi connectivity index (χ4v) is 1.90. The van der Waals surface area contributed by atoms with Crippen LogP contribution in [0.25, 0.3) is 10.8 Å². The first-order valence-electron chi connectivity index (χ1n) is 5.63. The Balaban J connectivity index is 2.52. The van der Waals surface area contributed by atoms with Crippen LogP contribution >= 0.6 is 0 Å². The molecule has 0 aliphatic rings. The molecule has 2 rings (SSSR count). The maximum absolute atomic E-state index is 5.37. The molecule has 2 N–H and O–H groups in total. The minimum absolute atomic E-state index is 0.832. The van der Waals surface area contributed by atoms with Gasteiger partial charge in [-0.25, -0.2) is 0 Å². The average Bonchev–Trinajstić information content (AvgIpc) is 2.39. The van der Waals surface area contributed by atoms with E-state index in [9.17, 15) is 0 Å². The molecule has 0 radical (unpaired) electrons. The zero-order chi connectivity index (χ0) is 12.3. The maximum Gasteiger partial charge on any atom is 0.119 e. The second-order valence-corrected chi connectivity index (χ2v) is 3.86. The number of benzene rings is 2. The van der Waals surface area contributed by atoms with Crippen LogP contribution in [0.15, 0.2) is 41.5 Å². The van der Waals surface area contributed by atoms with Crippen molar-refractivity contribution in [2.75, 3.05) is 7.11 Å². The quantitative estimate of drug-likeness (QED) is 0.499. The molecule has 0 atom stereocenters. The number of hydrazone groups is 1. The van der Waals surface area contributed by atoms with E-state index in [2.05, 4.69) is 17.2 Å². The molecular weight excluding hydrogens is 212 g/mol. The van der Waals surface area contributed by atoms with Crippen molar-refractivity contribution in [2.24, 2.45) is 10.9 Å². The van der Waals surface area contributed by atoms with E-state index in [1.807, 2.05) is 31.2 Å². The Kier molecular flexibility index (Phi) is 3.28. The Labute approximate surface area is 101 Å². The molecule has 0 fully saturated rings. The highest BCUT2D eigenvalue weighted by atomic mass is 16.5. The zero-order valence-corrected chi connectivity index (χ0v) is 10.1. The molecule has 2 aromatic rings. The van der Waals surface area contributed by atoms with E-state index in [0.29, 0.717) is 0 Å². The zero-order valence-electron chi connectivity index (χ0n) is 10.1. The Morgan fingerprint density at radius 3 is 2.53 bits per heavy atom. The number of fused-ring (bicyclic) bond motifs is 1. The topological polar surface area (TPSA) is 47.6 Å². The van der Waals surface area contributed by atoms with Gasteiger partial charge in [0, 0.05) is 0 Å². The third kappa shape index (κ3) is 2.23. The number of hydrogen-bond donors (Lipinski definition) is 1. The van der Waals surface area contributed by atoms with Crippen molar-refractivity contribution in [3.8, 4) is 5.75 Å². The Bertz CT molecular complexity index is 561. The van der Waals surface area contributed by atoms with Gasteiger partial charge in [-0.05, 0) is 41.0 Å². The highest BCUT2D eigenvalue weighted by Crippen LogP contribution is 2.22. The van der Waals surface area contributed by atoms with E-state index in [4.69, 9.17) is 10.6 Å². The lowest BCUT2D eigenvalue weighted by molar-refractivity contribution is 0.415. The fraction of sp³-hybridized carbons (Fsp3) is 0.214. The van der Waals surface area contributed by atoms with Gasteiger partial charge in [0.15, 0.2) is 0 Å². The molecule has 0 spiro atoms. The number of methoxy groups -OCH3 is 1. The lowest BCUT2D eigenvalue weighted by Crippen LogP contribution is -2.02. The molecule has 3 nitrogen and oxygen atoms in total. The van der Waals surface area contributed by atoms with Crippen molar-refractivity contribution in [1.82, 2.24) is 0 Å². The first-order chi connectivity index (χ1) is 8.28. The maximum atomic E-state index is 5.37. The fourth-order valence-electron chi connectivity index (χ4n) is 1.90. The monoisotopic (exact) mass is 228 g/mol. The number of hydrogen-bond acceptors (Lipinski definition) is 3. The molecule has 3 heteroatoms. The van der Waals surface area contributed by atoms with E-state index in [0.717, 1.165) is 34.2 Å². The summed E-state index contributed by atoms with van der Waals surface area (Å²) in [7, 11) is 1.67. The summed E-state index contributed by atoms with van der Waals surface area (Å²) in [6.45, 7) is 2.05. The van der Waals surface area contributed by atoms with Crippen molar-refractivity contribution >= 4 is 16.5 Å². The summed E-state index contributed by atoms with van der Waals surface area (Å²) in [5.74, 6) is 6.24. The van der Waals surface area contributed by atoms with Gasteiger partial charge in [0.25, 0.3) is 0 Å². The third-order valence-electron chi connectivity index (χ3n) is 2.87. The number of nitrogens with zero attached hydrogens (tertiary/aromatic N) is 1. The lowest BCUT2D eigenvalue weighted by Gasteiger charge is -2.06. The van der Waals surface area contributed by atoms with Crippen molar-refractivity contribution < 1.29 is 4.74 Å². The Morgan fingerprint density at radius 2 is 1.88 bits per heavy atom. The van der Waals surface area contributed by atoms with Crippen LogP contribution in [0.3, 0.4) is 0 Å². The summed E-state index contributed by atoms with van der Waals surface area (Å²) in [6, 6.07) is 12.2. The molecule has 0 aliphatic carbocycles. The largest absolute Gasteiger partial charge is 0.497 e. The minimum atomic E-state index is 0.832. The van der Waals surface area contributed by atoms with Gasteiger partial charge in [0.2, 0.25) is 0 Å². The van der Waals surface area contributed by atoms with Gasteiger partial charge in [0.05, 0.1) is 12.8 Å². The van der Waals surface area contributed by atoms with Gasteiger partial charge in [0.1, 0.15) is 5.75 Å². The SMILES string of the molecule is CC/C(=N/N)c1ccc2cc(OC)ccc2c1. The van der Waals surface area contributed by atoms with Crippen molar-refractivity contribution in [3.63, 3.8) is 0 Å². The van der Waals surface area contributed by atoms with Crippen LogP contribution in [0.2, 0.25) is 0 Å². The predicted molar refractivity (Wildman–Crippen MR) is 71.5 cm³/mol. The molecule has 0 unspecified atom stereocenters. The predicted octanol–water partition coefficient (Wildman–Crippen LogP) is 2.92. The Hall–Kier alpha value is -2.03. The first kappa shape index (κ1) is 11.5. The Morgan fingerprint density at radius 1 is 1.18 bits per heavy atom. The molecule has 0 saturated carbocycles. The van der Waals surface area contributed by atoms with Crippen LogP contribution in [-0.2, 0) is 0 Å². The smallest absolute Gasteiger partial charge is 0.119 e. The number of rotatable bonds is 3. The second-order valence-electron chi connectivity index (χ2n) is 3.86. The van der Waals surface area contributed by atoms with Crippen LogP contribution in [0.1, 0.15) is 18.9 Å². The summed E-state index contributed by atoms with van der Waals surface area (Å²) < 4.78 is 5.20. The van der Waals surface area contributed by atoms with Crippen LogP contribution in [0.4, 0.5) is 0 Å². The van der Waals surface area contributed by atoms with Gasteiger partial charge >= 0.3 is 0 Å². The molecule has 88 valence electrons. The van der Waals surface area contributed by atoms with Gasteiger partial charge in [-0.15, -0.1) is 0 Å². The highest BCUT2D eigenvalue weighted by molar-refractivity contribution is 6.03. The average molecular weight is 228 g/mol. The van der Waals surface area contributed by atoms with Crippen molar-refractivity contribution in [1.29, 1.82) is 0 Å². The van der Waals surface area contributed by atoms with E-state index in [-0.39, 0.29) is 0 Å². The van der Waals surface area contributed by atoms with Crippen molar-refractivity contribution in [3.05, 3.63) is 42.0 Å². The number of nitrogens with two attached hydrogens (primary N) is 1. The molecule has 0 aromatic heterocycles. The van der Waals surface area contributed by atoms with Gasteiger partial charge in [-0.3, -0.25) is 0 Å². The normalized spacial score (nSPS) is 11.8. The van der Waals surface area contributed by atoms with Gasteiger partial charge < -0.3 is 10.6 Å². The van der Waals surface area contributed by atoms with Crippen LogP contribution in [0.5, 0.6) is 5.75 Å². The molecular formula is C14H16N2O. The van der Waals surface area contributed by atoms with Crippen LogP contribution in [0, 0.1) is 0 Å². The van der Waals surface area contributed by atoms with E-state index in [1.54, 1.807) is 7.11 Å². The number of ether oxygens (including phenoxy) is 1. The molecule has 2 aromatic carbocycles. The van der Waals surface area contributed by atoms with Crippen molar-refractivity contribution in [2.45, 2.75) is 13.3 Å². The molecule has 0 bridgehead atoms. The van der Waals surface area contributed by atoms with E-state index in [1.165, 1.54) is 0 Å². The highest BCUT2D eigenvalue weighted by Gasteiger charge is 2.03. The third-order valence-corrected chi connectivity index (χ3v) is 2.87. The standard InChI is InChI=1S/C14H16N2O/c1-3-14(16-15)12-5-4-11-9-13(17-2)7-6-10(11)8-12/h4-9H,3,15H2,1-2H3/b16-14-. The van der Waals surface area contributed by atoms with Crippen LogP contribution in [-0.4, -0.2) is 12.8 Å². The molecule has 0 heterocycles. The summed E-state index contributed by atoms with van der Waals surface area (Å²) in [4.78, 5) is 0.